The topological polar surface area (TPSA) is 67.4 Å². The lowest BCUT2D eigenvalue weighted by atomic mass is 9.72. The highest BCUT2D eigenvalue weighted by Crippen LogP contribution is 2.45. The average molecular weight is 376 g/mol. The summed E-state index contributed by atoms with van der Waals surface area (Å²) in [6.45, 7) is 4.17. The molecular formula is C23H24N2O3. The van der Waals surface area contributed by atoms with Crippen LogP contribution in [-0.2, 0) is 9.53 Å². The van der Waals surface area contributed by atoms with Crippen LogP contribution in [0.4, 0.5) is 11.4 Å². The molecule has 1 aliphatic carbocycles. The zero-order valence-corrected chi connectivity index (χ0v) is 16.3. The molecule has 0 fully saturated rings. The fourth-order valence-electron chi connectivity index (χ4n) is 4.12. The third kappa shape index (κ3) is 3.28. The van der Waals surface area contributed by atoms with E-state index in [0.29, 0.717) is 12.0 Å². The van der Waals surface area contributed by atoms with Gasteiger partial charge in [0, 0.05) is 12.1 Å². The van der Waals surface area contributed by atoms with E-state index in [9.17, 15) is 9.59 Å². The molecule has 2 aromatic carbocycles. The first-order chi connectivity index (χ1) is 13.4. The Morgan fingerprint density at radius 3 is 2.43 bits per heavy atom. The second-order valence-electron chi connectivity index (χ2n) is 8.12. The van der Waals surface area contributed by atoms with Crippen molar-refractivity contribution in [3.63, 3.8) is 0 Å². The predicted molar refractivity (Wildman–Crippen MR) is 109 cm³/mol. The normalized spacial score (nSPS) is 22.5. The second-order valence-corrected chi connectivity index (χ2v) is 8.12. The van der Waals surface area contributed by atoms with Crippen LogP contribution in [0.2, 0.25) is 0 Å². The number of ether oxygens (including phenoxy) is 1. The van der Waals surface area contributed by atoms with Crippen LogP contribution in [0.15, 0.2) is 60.3 Å². The lowest BCUT2D eigenvalue weighted by Crippen LogP contribution is -2.36. The first-order valence-corrected chi connectivity index (χ1v) is 9.44. The average Bonchev–Trinajstić information content (AvgIpc) is 2.83. The fraction of sp³-hybridized carbons (Fsp3) is 0.304. The van der Waals surface area contributed by atoms with E-state index >= 15 is 0 Å². The number of esters is 1. The van der Waals surface area contributed by atoms with Gasteiger partial charge in [0.1, 0.15) is 5.78 Å². The van der Waals surface area contributed by atoms with Gasteiger partial charge in [-0.25, -0.2) is 4.79 Å². The molecule has 2 atom stereocenters. The molecule has 28 heavy (non-hydrogen) atoms. The zero-order chi connectivity index (χ0) is 19.9. The van der Waals surface area contributed by atoms with E-state index in [1.165, 1.54) is 7.11 Å². The number of Topliss-reactive ketones (excluding diaryl/α,β-unsaturated/α-hetero) is 1. The van der Waals surface area contributed by atoms with E-state index in [-0.39, 0.29) is 29.1 Å². The summed E-state index contributed by atoms with van der Waals surface area (Å²) in [7, 11) is 1.37. The van der Waals surface area contributed by atoms with Gasteiger partial charge >= 0.3 is 5.97 Å². The number of rotatable bonds is 2. The van der Waals surface area contributed by atoms with E-state index in [2.05, 4.69) is 30.6 Å². The smallest absolute Gasteiger partial charge is 0.337 e. The monoisotopic (exact) mass is 376 g/mol. The molecule has 0 radical (unpaired) electrons. The number of para-hydroxylation sites is 2. The summed E-state index contributed by atoms with van der Waals surface area (Å²) in [5.41, 5.74) is 4.10. The Kier molecular flexibility index (Phi) is 4.46. The minimum Gasteiger partial charge on any atom is -0.465 e. The third-order valence-electron chi connectivity index (χ3n) is 5.40. The standard InChI is InChI=1S/C23H24N2O3/c1-23(2)12-18-20(19(26)13-23)21(25-17-7-5-4-6-16(17)24-18)14-8-10-15(11-9-14)22(27)28-3/h4-12,20-21,24-25H,13H2,1-3H3. The van der Waals surface area contributed by atoms with Crippen LogP contribution in [0, 0.1) is 11.3 Å². The molecule has 0 saturated heterocycles. The minimum absolute atomic E-state index is 0.186. The van der Waals surface area contributed by atoms with Crippen LogP contribution < -0.4 is 10.6 Å². The number of nitrogens with one attached hydrogen (secondary N) is 2. The number of hydrogen-bond acceptors (Lipinski definition) is 5. The number of carbonyl (C=O) groups is 2. The van der Waals surface area contributed by atoms with Gasteiger partial charge in [-0.15, -0.1) is 0 Å². The highest BCUT2D eigenvalue weighted by molar-refractivity contribution is 5.91. The van der Waals surface area contributed by atoms with E-state index in [4.69, 9.17) is 4.74 Å². The van der Waals surface area contributed by atoms with E-state index in [1.54, 1.807) is 12.1 Å². The van der Waals surface area contributed by atoms with E-state index in [0.717, 1.165) is 22.6 Å². The van der Waals surface area contributed by atoms with Crippen molar-refractivity contribution in [3.05, 3.63) is 71.4 Å². The van der Waals surface area contributed by atoms with Crippen molar-refractivity contribution in [1.29, 1.82) is 0 Å². The van der Waals surface area contributed by atoms with Gasteiger partial charge in [0.25, 0.3) is 0 Å². The highest BCUT2D eigenvalue weighted by atomic mass is 16.5. The molecule has 0 saturated carbocycles. The Morgan fingerprint density at radius 1 is 1.07 bits per heavy atom. The van der Waals surface area contributed by atoms with Crippen molar-refractivity contribution in [3.8, 4) is 0 Å². The molecule has 0 spiro atoms. The Balaban J connectivity index is 1.80. The van der Waals surface area contributed by atoms with Crippen molar-refractivity contribution in [2.24, 2.45) is 11.3 Å². The summed E-state index contributed by atoms with van der Waals surface area (Å²) in [5.74, 6) is -0.481. The molecule has 4 rings (SSSR count). The molecule has 144 valence electrons. The number of allylic oxidation sites excluding steroid dienone is 1. The highest BCUT2D eigenvalue weighted by Gasteiger charge is 2.41. The van der Waals surface area contributed by atoms with Crippen LogP contribution in [0.25, 0.3) is 0 Å². The molecule has 2 aromatic rings. The third-order valence-corrected chi connectivity index (χ3v) is 5.40. The molecule has 2 N–H and O–H groups in total. The van der Waals surface area contributed by atoms with Gasteiger partial charge in [0.15, 0.2) is 0 Å². The SMILES string of the molecule is COC(=O)c1ccc(C2Nc3ccccc3NC3=CC(C)(C)CC(=O)C32)cc1. The van der Waals surface area contributed by atoms with Crippen LogP contribution in [0.1, 0.15) is 42.2 Å². The lowest BCUT2D eigenvalue weighted by Gasteiger charge is -2.35. The number of anilines is 2. The fourth-order valence-corrected chi connectivity index (χ4v) is 4.12. The maximum absolute atomic E-state index is 13.2. The predicted octanol–water partition coefficient (Wildman–Crippen LogP) is 4.55. The maximum atomic E-state index is 13.2. The van der Waals surface area contributed by atoms with Crippen LogP contribution in [-0.4, -0.2) is 18.9 Å². The number of carbonyl (C=O) groups excluding carboxylic acids is 2. The first kappa shape index (κ1) is 18.3. The van der Waals surface area contributed by atoms with Gasteiger partial charge < -0.3 is 15.4 Å². The number of benzene rings is 2. The molecule has 0 amide bonds. The van der Waals surface area contributed by atoms with Gasteiger partial charge in [0.05, 0.1) is 36.0 Å². The molecule has 2 aliphatic rings. The molecule has 2 unspecified atom stereocenters. The number of fused-ring (bicyclic) bond motifs is 2. The zero-order valence-electron chi connectivity index (χ0n) is 16.3. The van der Waals surface area contributed by atoms with Crippen molar-refractivity contribution in [2.45, 2.75) is 26.3 Å². The molecular weight excluding hydrogens is 352 g/mol. The van der Waals surface area contributed by atoms with Crippen LogP contribution in [0.5, 0.6) is 0 Å². The van der Waals surface area contributed by atoms with Crippen molar-refractivity contribution in [2.75, 3.05) is 17.7 Å². The van der Waals surface area contributed by atoms with Gasteiger partial charge in [-0.1, -0.05) is 44.2 Å². The first-order valence-electron chi connectivity index (χ1n) is 9.44. The summed E-state index contributed by atoms with van der Waals surface area (Å²) >= 11 is 0. The molecule has 1 heterocycles. The van der Waals surface area contributed by atoms with Crippen molar-refractivity contribution >= 4 is 23.1 Å². The Morgan fingerprint density at radius 2 is 1.75 bits per heavy atom. The number of hydrogen-bond donors (Lipinski definition) is 2. The van der Waals surface area contributed by atoms with Crippen molar-refractivity contribution in [1.82, 2.24) is 0 Å². The van der Waals surface area contributed by atoms with E-state index in [1.807, 2.05) is 36.4 Å². The summed E-state index contributed by atoms with van der Waals surface area (Å²) in [4.78, 5) is 24.9. The largest absolute Gasteiger partial charge is 0.465 e. The van der Waals surface area contributed by atoms with Crippen LogP contribution in [0.3, 0.4) is 0 Å². The number of methoxy groups -OCH3 is 1. The van der Waals surface area contributed by atoms with Gasteiger partial charge in [-0.2, -0.15) is 0 Å². The maximum Gasteiger partial charge on any atom is 0.337 e. The summed E-state index contributed by atoms with van der Waals surface area (Å²) in [5, 5.41) is 7.04. The summed E-state index contributed by atoms with van der Waals surface area (Å²) < 4.78 is 4.79. The van der Waals surface area contributed by atoms with Gasteiger partial charge in [0.2, 0.25) is 0 Å². The number of ketones is 1. The molecule has 0 bridgehead atoms. The minimum atomic E-state index is -0.372. The lowest BCUT2D eigenvalue weighted by molar-refractivity contribution is -0.124. The summed E-state index contributed by atoms with van der Waals surface area (Å²) in [6, 6.07) is 15.0. The Hall–Kier alpha value is -3.08. The van der Waals surface area contributed by atoms with Crippen molar-refractivity contribution < 1.29 is 14.3 Å². The quantitative estimate of drug-likeness (QED) is 0.753. The molecule has 0 aromatic heterocycles. The summed E-state index contributed by atoms with van der Waals surface area (Å²) in [6.07, 6.45) is 2.68. The molecule has 5 nitrogen and oxygen atoms in total. The Bertz CT molecular complexity index is 960. The van der Waals surface area contributed by atoms with E-state index < -0.39 is 0 Å². The molecule has 1 aliphatic heterocycles. The Labute approximate surface area is 164 Å². The van der Waals surface area contributed by atoms with Gasteiger partial charge in [-0.3, -0.25) is 4.79 Å². The second kappa shape index (κ2) is 6.82. The van der Waals surface area contributed by atoms with Crippen LogP contribution >= 0.6 is 0 Å². The van der Waals surface area contributed by atoms with Gasteiger partial charge in [-0.05, 0) is 35.2 Å². The molecule has 5 heteroatoms.